The number of thioether (sulfide) groups is 1. The van der Waals surface area contributed by atoms with Crippen molar-refractivity contribution in [2.75, 3.05) is 38.5 Å². The maximum atomic E-state index is 12.2. The Kier molecular flexibility index (Phi) is 5.82. The van der Waals surface area contributed by atoms with E-state index in [0.29, 0.717) is 6.04 Å². The number of nitrogens with zero attached hydrogens (tertiary/aromatic N) is 2. The Hall–Kier alpha value is -0.420. The molecule has 0 bridgehead atoms. The van der Waals surface area contributed by atoms with E-state index in [2.05, 4.69) is 24.1 Å². The number of likely N-dealkylation sites (N-methyl/N-ethyl adjacent to an activating group) is 1. The average Bonchev–Trinajstić information content (AvgIpc) is 2.86. The lowest BCUT2D eigenvalue weighted by molar-refractivity contribution is 0.141. The van der Waals surface area contributed by atoms with Gasteiger partial charge in [0.2, 0.25) is 0 Å². The fraction of sp³-hybridized carbons (Fsp3) is 0.929. The molecule has 0 unspecified atom stereocenters. The van der Waals surface area contributed by atoms with Crippen molar-refractivity contribution in [2.45, 2.75) is 44.4 Å². The SMILES string of the molecule is CCS[C@H]1CC[C@@H](NC(=O)N2CCN(CC)CC2)C1. The molecule has 2 aliphatic rings. The third-order valence-corrected chi connectivity index (χ3v) is 5.45. The molecule has 5 heteroatoms. The minimum absolute atomic E-state index is 0.155. The molecule has 0 spiro atoms. The zero-order valence-corrected chi connectivity index (χ0v) is 13.0. The Morgan fingerprint density at radius 2 is 1.95 bits per heavy atom. The summed E-state index contributed by atoms with van der Waals surface area (Å²) in [7, 11) is 0. The summed E-state index contributed by atoms with van der Waals surface area (Å²) < 4.78 is 0. The van der Waals surface area contributed by atoms with Gasteiger partial charge in [0.05, 0.1) is 0 Å². The Morgan fingerprint density at radius 3 is 2.58 bits per heavy atom. The molecule has 1 saturated heterocycles. The summed E-state index contributed by atoms with van der Waals surface area (Å²) >= 11 is 2.04. The van der Waals surface area contributed by atoms with E-state index in [1.54, 1.807) is 0 Å². The van der Waals surface area contributed by atoms with Crippen LogP contribution in [0.1, 0.15) is 33.1 Å². The Bertz CT molecular complexity index is 292. The number of rotatable bonds is 4. The molecule has 110 valence electrons. The smallest absolute Gasteiger partial charge is 0.317 e. The first-order valence-corrected chi connectivity index (χ1v) is 8.67. The van der Waals surface area contributed by atoms with Gasteiger partial charge in [0.15, 0.2) is 0 Å². The molecule has 2 fully saturated rings. The molecule has 1 aliphatic heterocycles. The van der Waals surface area contributed by atoms with Crippen molar-refractivity contribution in [1.82, 2.24) is 15.1 Å². The van der Waals surface area contributed by atoms with Gasteiger partial charge in [-0.3, -0.25) is 0 Å². The van der Waals surface area contributed by atoms with Gasteiger partial charge < -0.3 is 15.1 Å². The van der Waals surface area contributed by atoms with E-state index in [1.807, 2.05) is 16.7 Å². The first-order valence-electron chi connectivity index (χ1n) is 7.62. The fourth-order valence-electron chi connectivity index (χ4n) is 2.99. The quantitative estimate of drug-likeness (QED) is 0.858. The molecule has 2 atom stereocenters. The summed E-state index contributed by atoms with van der Waals surface area (Å²) in [6.07, 6.45) is 3.56. The first kappa shape index (κ1) is 15.0. The van der Waals surface area contributed by atoms with Crippen LogP contribution in [0.25, 0.3) is 0 Å². The monoisotopic (exact) mass is 285 g/mol. The van der Waals surface area contributed by atoms with Gasteiger partial charge in [-0.05, 0) is 31.6 Å². The van der Waals surface area contributed by atoms with Crippen LogP contribution in [-0.2, 0) is 0 Å². The number of carbonyl (C=O) groups excluding carboxylic acids is 1. The zero-order valence-electron chi connectivity index (χ0n) is 12.2. The van der Waals surface area contributed by atoms with E-state index < -0.39 is 0 Å². The molecule has 0 aromatic carbocycles. The van der Waals surface area contributed by atoms with Crippen molar-refractivity contribution in [3.05, 3.63) is 0 Å². The van der Waals surface area contributed by atoms with E-state index in [0.717, 1.165) is 50.8 Å². The van der Waals surface area contributed by atoms with Gasteiger partial charge in [0, 0.05) is 37.5 Å². The summed E-state index contributed by atoms with van der Waals surface area (Å²) in [5.74, 6) is 1.18. The van der Waals surface area contributed by atoms with E-state index in [1.165, 1.54) is 12.2 Å². The van der Waals surface area contributed by atoms with Crippen LogP contribution in [-0.4, -0.2) is 65.6 Å². The largest absolute Gasteiger partial charge is 0.335 e. The zero-order chi connectivity index (χ0) is 13.7. The number of carbonyl (C=O) groups is 1. The molecular weight excluding hydrogens is 258 g/mol. The number of hydrogen-bond donors (Lipinski definition) is 1. The van der Waals surface area contributed by atoms with Crippen LogP contribution in [0, 0.1) is 0 Å². The summed E-state index contributed by atoms with van der Waals surface area (Å²) in [6, 6.07) is 0.559. The highest BCUT2D eigenvalue weighted by Crippen LogP contribution is 2.29. The predicted octanol–water partition coefficient (Wildman–Crippen LogP) is 2.01. The van der Waals surface area contributed by atoms with E-state index in [-0.39, 0.29) is 6.03 Å². The van der Waals surface area contributed by atoms with Crippen LogP contribution in [0.15, 0.2) is 0 Å². The van der Waals surface area contributed by atoms with Crippen molar-refractivity contribution in [3.63, 3.8) is 0 Å². The molecule has 0 aromatic rings. The third kappa shape index (κ3) is 4.28. The number of amides is 2. The number of nitrogens with one attached hydrogen (secondary N) is 1. The van der Waals surface area contributed by atoms with Gasteiger partial charge in [-0.15, -0.1) is 0 Å². The average molecular weight is 285 g/mol. The molecule has 1 aliphatic carbocycles. The fourth-order valence-corrected chi connectivity index (χ4v) is 4.13. The van der Waals surface area contributed by atoms with Crippen molar-refractivity contribution < 1.29 is 4.79 Å². The molecule has 1 saturated carbocycles. The maximum Gasteiger partial charge on any atom is 0.317 e. The second-order valence-corrected chi connectivity index (χ2v) is 7.04. The second kappa shape index (κ2) is 7.39. The maximum absolute atomic E-state index is 12.2. The van der Waals surface area contributed by atoms with Gasteiger partial charge in [-0.1, -0.05) is 13.8 Å². The Morgan fingerprint density at radius 1 is 1.21 bits per heavy atom. The lowest BCUT2D eigenvalue weighted by atomic mass is 10.2. The van der Waals surface area contributed by atoms with Crippen molar-refractivity contribution in [3.8, 4) is 0 Å². The molecule has 1 N–H and O–H groups in total. The van der Waals surface area contributed by atoms with Gasteiger partial charge >= 0.3 is 6.03 Å². The molecule has 19 heavy (non-hydrogen) atoms. The lowest BCUT2D eigenvalue weighted by Gasteiger charge is -2.34. The van der Waals surface area contributed by atoms with Crippen molar-refractivity contribution in [2.24, 2.45) is 0 Å². The minimum Gasteiger partial charge on any atom is -0.335 e. The van der Waals surface area contributed by atoms with E-state index in [9.17, 15) is 4.79 Å². The number of piperazine rings is 1. The minimum atomic E-state index is 0.155. The van der Waals surface area contributed by atoms with Crippen molar-refractivity contribution >= 4 is 17.8 Å². The Labute approximate surface area is 121 Å². The van der Waals surface area contributed by atoms with Crippen LogP contribution < -0.4 is 5.32 Å². The van der Waals surface area contributed by atoms with Crippen LogP contribution in [0.3, 0.4) is 0 Å². The van der Waals surface area contributed by atoms with Gasteiger partial charge in [-0.25, -0.2) is 4.79 Å². The van der Waals surface area contributed by atoms with Gasteiger partial charge in [0.25, 0.3) is 0 Å². The first-order chi connectivity index (χ1) is 9.22. The van der Waals surface area contributed by atoms with Crippen LogP contribution in [0.5, 0.6) is 0 Å². The van der Waals surface area contributed by atoms with Crippen molar-refractivity contribution in [1.29, 1.82) is 0 Å². The normalized spacial score (nSPS) is 28.6. The highest BCUT2D eigenvalue weighted by Gasteiger charge is 2.28. The molecular formula is C14H27N3OS. The standard InChI is InChI=1S/C14H27N3OS/c1-3-16-7-9-17(10-8-16)14(18)15-12-5-6-13(11-12)19-4-2/h12-13H,3-11H2,1-2H3,(H,15,18)/t12-,13+/m1/s1. The molecule has 0 aromatic heterocycles. The molecule has 2 amide bonds. The summed E-state index contributed by atoms with van der Waals surface area (Å²) in [6.45, 7) is 9.27. The van der Waals surface area contributed by atoms with Gasteiger partial charge in [0.1, 0.15) is 0 Å². The summed E-state index contributed by atoms with van der Waals surface area (Å²) in [5, 5.41) is 3.98. The third-order valence-electron chi connectivity index (χ3n) is 4.22. The molecule has 2 rings (SSSR count). The molecule has 0 radical (unpaired) electrons. The predicted molar refractivity (Wildman–Crippen MR) is 81.8 cm³/mol. The van der Waals surface area contributed by atoms with Crippen LogP contribution in [0.2, 0.25) is 0 Å². The van der Waals surface area contributed by atoms with Gasteiger partial charge in [-0.2, -0.15) is 11.8 Å². The topological polar surface area (TPSA) is 35.6 Å². The highest BCUT2D eigenvalue weighted by molar-refractivity contribution is 7.99. The Balaban J connectivity index is 1.70. The highest BCUT2D eigenvalue weighted by atomic mass is 32.2. The van der Waals surface area contributed by atoms with E-state index >= 15 is 0 Å². The lowest BCUT2D eigenvalue weighted by Crippen LogP contribution is -2.53. The number of urea groups is 1. The van der Waals surface area contributed by atoms with E-state index in [4.69, 9.17) is 0 Å². The summed E-state index contributed by atoms with van der Waals surface area (Å²) in [5.41, 5.74) is 0. The second-order valence-electron chi connectivity index (χ2n) is 5.46. The molecule has 1 heterocycles. The molecule has 4 nitrogen and oxygen atoms in total. The van der Waals surface area contributed by atoms with Crippen LogP contribution in [0.4, 0.5) is 4.79 Å². The summed E-state index contributed by atoms with van der Waals surface area (Å²) in [4.78, 5) is 16.6. The van der Waals surface area contributed by atoms with Crippen LogP contribution >= 0.6 is 11.8 Å². The number of hydrogen-bond acceptors (Lipinski definition) is 3.